The fourth-order valence-corrected chi connectivity index (χ4v) is 11.0. The fourth-order valence-electron chi connectivity index (χ4n) is 2.71. The summed E-state index contributed by atoms with van der Waals surface area (Å²) in [4.78, 5) is 47.3. The molecule has 0 unspecified atom stereocenters. The van der Waals surface area contributed by atoms with Crippen LogP contribution in [0.2, 0.25) is 26.2 Å². The maximum atomic E-state index is 12.1. The standard InChI is InChI=1S/C16H18O5Si2/c1-22(2,15-9-11(17)5-7-13(15)19)21-23(3,4)16-10-12(18)6-8-14(16)20/h5-10H,1-4H3. The number of carbonyl (C=O) groups is 4. The van der Waals surface area contributed by atoms with E-state index in [1.165, 1.54) is 36.5 Å². The smallest absolute Gasteiger partial charge is 0.210 e. The van der Waals surface area contributed by atoms with Gasteiger partial charge in [-0.2, -0.15) is 0 Å². The minimum absolute atomic E-state index is 0.231. The normalized spacial score (nSPS) is 19.1. The molecule has 5 nitrogen and oxygen atoms in total. The largest absolute Gasteiger partial charge is 0.449 e. The lowest BCUT2D eigenvalue weighted by Gasteiger charge is -2.36. The lowest BCUT2D eigenvalue weighted by atomic mass is 10.2. The molecule has 23 heavy (non-hydrogen) atoms. The van der Waals surface area contributed by atoms with Crippen LogP contribution in [0.25, 0.3) is 0 Å². The Hall–Kier alpha value is -1.97. The monoisotopic (exact) mass is 346 g/mol. The number of ketones is 4. The Balaban J connectivity index is 2.32. The average Bonchev–Trinajstić information content (AvgIpc) is 2.42. The van der Waals surface area contributed by atoms with Gasteiger partial charge >= 0.3 is 0 Å². The van der Waals surface area contributed by atoms with Gasteiger partial charge in [0.1, 0.15) is 0 Å². The Labute approximate surface area is 136 Å². The van der Waals surface area contributed by atoms with E-state index in [4.69, 9.17) is 4.12 Å². The first-order valence-corrected chi connectivity index (χ1v) is 13.0. The summed E-state index contributed by atoms with van der Waals surface area (Å²) in [7, 11) is -5.41. The second kappa shape index (κ2) is 5.91. The van der Waals surface area contributed by atoms with Gasteiger partial charge in [0.15, 0.2) is 23.1 Å². The molecular formula is C16H18O5Si2. The Bertz CT molecular complexity index is 674. The third kappa shape index (κ3) is 3.69. The van der Waals surface area contributed by atoms with Gasteiger partial charge in [-0.05, 0) is 62.6 Å². The van der Waals surface area contributed by atoms with Gasteiger partial charge in [0.05, 0.1) is 0 Å². The van der Waals surface area contributed by atoms with E-state index in [-0.39, 0.29) is 23.1 Å². The molecule has 0 saturated heterocycles. The van der Waals surface area contributed by atoms with Crippen molar-refractivity contribution in [1.29, 1.82) is 0 Å². The summed E-state index contributed by atoms with van der Waals surface area (Å²) in [5.74, 6) is -0.944. The Morgan fingerprint density at radius 2 is 1.00 bits per heavy atom. The van der Waals surface area contributed by atoms with Gasteiger partial charge in [-0.15, -0.1) is 0 Å². The molecule has 0 aromatic heterocycles. The van der Waals surface area contributed by atoms with Crippen molar-refractivity contribution in [2.24, 2.45) is 0 Å². The number of rotatable bonds is 4. The zero-order chi connectivity index (χ0) is 17.4. The highest BCUT2D eigenvalue weighted by atomic mass is 28.4. The van der Waals surface area contributed by atoms with E-state index in [0.29, 0.717) is 10.4 Å². The highest BCUT2D eigenvalue weighted by molar-refractivity contribution is 6.96. The van der Waals surface area contributed by atoms with Crippen molar-refractivity contribution in [2.45, 2.75) is 26.2 Å². The van der Waals surface area contributed by atoms with Crippen LogP contribution in [0.3, 0.4) is 0 Å². The van der Waals surface area contributed by atoms with Crippen LogP contribution in [-0.4, -0.2) is 39.8 Å². The molecule has 0 spiro atoms. The summed E-state index contributed by atoms with van der Waals surface area (Å²) in [6.45, 7) is 7.29. The quantitative estimate of drug-likeness (QED) is 0.572. The van der Waals surface area contributed by atoms with Crippen LogP contribution in [0.5, 0.6) is 0 Å². The molecule has 0 N–H and O–H groups in total. The van der Waals surface area contributed by atoms with E-state index in [9.17, 15) is 19.2 Å². The van der Waals surface area contributed by atoms with Gasteiger partial charge in [-0.3, -0.25) is 19.2 Å². The second-order valence-electron chi connectivity index (χ2n) is 6.44. The third-order valence-corrected chi connectivity index (χ3v) is 11.2. The highest BCUT2D eigenvalue weighted by Crippen LogP contribution is 2.29. The van der Waals surface area contributed by atoms with Crippen LogP contribution in [-0.2, 0) is 23.3 Å². The molecule has 0 amide bonds. The van der Waals surface area contributed by atoms with Crippen molar-refractivity contribution in [3.8, 4) is 0 Å². The predicted octanol–water partition coefficient (Wildman–Crippen LogP) is 1.76. The highest BCUT2D eigenvalue weighted by Gasteiger charge is 2.43. The number of allylic oxidation sites excluding steroid dienone is 8. The first-order valence-electron chi connectivity index (χ1n) is 7.20. The van der Waals surface area contributed by atoms with Crippen LogP contribution in [0.4, 0.5) is 0 Å². The van der Waals surface area contributed by atoms with E-state index in [1.807, 2.05) is 26.2 Å². The van der Waals surface area contributed by atoms with Crippen LogP contribution in [0, 0.1) is 0 Å². The van der Waals surface area contributed by atoms with E-state index in [0.717, 1.165) is 0 Å². The van der Waals surface area contributed by atoms with Gasteiger partial charge in [0, 0.05) is 10.4 Å². The SMILES string of the molecule is C[Si](C)(O[Si](C)(C)C1=CC(=O)C=CC1=O)C1=CC(=O)C=CC1=O. The second-order valence-corrected chi connectivity index (χ2v) is 14.4. The van der Waals surface area contributed by atoms with Gasteiger partial charge in [0.25, 0.3) is 0 Å². The predicted molar refractivity (Wildman–Crippen MR) is 90.5 cm³/mol. The molecule has 7 heteroatoms. The van der Waals surface area contributed by atoms with Crippen LogP contribution >= 0.6 is 0 Å². The number of hydrogen-bond acceptors (Lipinski definition) is 5. The molecule has 0 fully saturated rings. The molecule has 0 heterocycles. The van der Waals surface area contributed by atoms with Crippen molar-refractivity contribution in [3.63, 3.8) is 0 Å². The summed E-state index contributed by atoms with van der Waals surface area (Å²) in [6, 6.07) is 0. The van der Waals surface area contributed by atoms with E-state index >= 15 is 0 Å². The molecule has 2 aliphatic rings. The molecule has 0 bridgehead atoms. The minimum atomic E-state index is -2.71. The van der Waals surface area contributed by atoms with Crippen molar-refractivity contribution in [3.05, 3.63) is 46.8 Å². The Kier molecular flexibility index (Phi) is 4.47. The zero-order valence-electron chi connectivity index (χ0n) is 13.5. The van der Waals surface area contributed by atoms with Crippen LogP contribution in [0.1, 0.15) is 0 Å². The fraction of sp³-hybridized carbons (Fsp3) is 0.250. The molecule has 0 aromatic rings. The Morgan fingerprint density at radius 3 is 1.35 bits per heavy atom. The molecule has 2 aliphatic carbocycles. The molecule has 0 aliphatic heterocycles. The molecule has 2 rings (SSSR count). The third-order valence-electron chi connectivity index (χ3n) is 3.71. The maximum absolute atomic E-state index is 12.1. The lowest BCUT2D eigenvalue weighted by Crippen LogP contribution is -2.50. The molecule has 0 atom stereocenters. The zero-order valence-corrected chi connectivity index (χ0v) is 15.5. The topological polar surface area (TPSA) is 77.5 Å². The van der Waals surface area contributed by atoms with E-state index < -0.39 is 16.6 Å². The van der Waals surface area contributed by atoms with Crippen LogP contribution in [0.15, 0.2) is 46.8 Å². The summed E-state index contributed by atoms with van der Waals surface area (Å²) in [6.07, 6.45) is 7.61. The average molecular weight is 346 g/mol. The number of hydrogen-bond donors (Lipinski definition) is 0. The summed E-state index contributed by atoms with van der Waals surface area (Å²) >= 11 is 0. The molecule has 0 aromatic carbocycles. The van der Waals surface area contributed by atoms with Gasteiger partial charge < -0.3 is 4.12 Å². The van der Waals surface area contributed by atoms with Gasteiger partial charge in [-0.1, -0.05) is 0 Å². The Morgan fingerprint density at radius 1 is 0.652 bits per heavy atom. The minimum Gasteiger partial charge on any atom is -0.449 e. The van der Waals surface area contributed by atoms with E-state index in [1.54, 1.807) is 0 Å². The van der Waals surface area contributed by atoms with E-state index in [2.05, 4.69) is 0 Å². The van der Waals surface area contributed by atoms with Crippen molar-refractivity contribution in [1.82, 2.24) is 0 Å². The van der Waals surface area contributed by atoms with Gasteiger partial charge in [-0.25, -0.2) is 0 Å². The summed E-state index contributed by atoms with van der Waals surface area (Å²) in [5, 5.41) is 0.771. The maximum Gasteiger partial charge on any atom is 0.210 e. The van der Waals surface area contributed by atoms with Crippen molar-refractivity contribution < 1.29 is 23.3 Å². The van der Waals surface area contributed by atoms with Gasteiger partial charge in [0.2, 0.25) is 16.6 Å². The summed E-state index contributed by atoms with van der Waals surface area (Å²) < 4.78 is 6.27. The van der Waals surface area contributed by atoms with Crippen LogP contribution < -0.4 is 0 Å². The molecule has 0 saturated carbocycles. The van der Waals surface area contributed by atoms with Crippen molar-refractivity contribution >= 4 is 39.8 Å². The molecule has 120 valence electrons. The summed E-state index contributed by atoms with van der Waals surface area (Å²) in [5.41, 5.74) is 0. The number of carbonyl (C=O) groups excluding carboxylic acids is 4. The first kappa shape index (κ1) is 17.4. The molecule has 0 radical (unpaired) electrons. The lowest BCUT2D eigenvalue weighted by molar-refractivity contribution is -0.114. The van der Waals surface area contributed by atoms with Crippen molar-refractivity contribution in [2.75, 3.05) is 0 Å². The first-order chi connectivity index (χ1) is 10.5. The molecular weight excluding hydrogens is 328 g/mol.